The molecular formula is C37H64N2O14. The molecule has 0 aliphatic rings. The first kappa shape index (κ1) is 54.2. The van der Waals surface area contributed by atoms with Crippen LogP contribution in [0.2, 0.25) is 0 Å². The maximum absolute atomic E-state index is 11.3. The molecule has 0 aliphatic carbocycles. The highest BCUT2D eigenvalue weighted by molar-refractivity contribution is 5.83. The van der Waals surface area contributed by atoms with Gasteiger partial charge in [0, 0.05) is 12.8 Å². The van der Waals surface area contributed by atoms with Gasteiger partial charge in [-0.05, 0) is 6.92 Å². The normalized spacial score (nSPS) is 10.2. The van der Waals surface area contributed by atoms with Gasteiger partial charge in [-0.25, -0.2) is 0 Å². The summed E-state index contributed by atoms with van der Waals surface area (Å²) in [7, 11) is 0. The van der Waals surface area contributed by atoms with Crippen LogP contribution in [0.25, 0.3) is 0 Å². The van der Waals surface area contributed by atoms with Crippen molar-refractivity contribution in [2.24, 2.45) is 5.73 Å². The first-order valence-electron chi connectivity index (χ1n) is 17.6. The van der Waals surface area contributed by atoms with Crippen LogP contribution in [0.3, 0.4) is 0 Å². The number of carbonyl (C=O) groups excluding carboxylic acids is 3. The van der Waals surface area contributed by atoms with E-state index >= 15 is 0 Å². The average Bonchev–Trinajstić information content (AvgIpc) is 3.15. The van der Waals surface area contributed by atoms with Gasteiger partial charge in [-0.3, -0.25) is 14.4 Å². The number of nitrogens with one attached hydrogen (secondary N) is 1. The Morgan fingerprint density at radius 1 is 0.528 bits per heavy atom. The summed E-state index contributed by atoms with van der Waals surface area (Å²) in [5.41, 5.74) is 4.93. The van der Waals surface area contributed by atoms with Crippen LogP contribution in [0.1, 0.15) is 33.6 Å². The van der Waals surface area contributed by atoms with Crippen molar-refractivity contribution in [3.63, 3.8) is 0 Å². The fourth-order valence-corrected chi connectivity index (χ4v) is 3.11. The zero-order valence-electron chi connectivity index (χ0n) is 32.1. The number of ether oxygens (including phenoxy) is 11. The summed E-state index contributed by atoms with van der Waals surface area (Å²) in [6.07, 6.45) is 15.5. The molecule has 0 heterocycles. The van der Waals surface area contributed by atoms with Gasteiger partial charge < -0.3 is 63.2 Å². The molecule has 0 aromatic heterocycles. The van der Waals surface area contributed by atoms with E-state index in [1.807, 2.05) is 13.8 Å². The zero-order valence-corrected chi connectivity index (χ0v) is 32.1. The Hall–Kier alpha value is -3.15. The topological polar surface area (TPSA) is 191 Å². The summed E-state index contributed by atoms with van der Waals surface area (Å²) < 4.78 is 58.3. The molecule has 0 saturated carbocycles. The first-order valence-corrected chi connectivity index (χ1v) is 17.6. The molecule has 0 atom stereocenters. The van der Waals surface area contributed by atoms with Crippen LogP contribution in [0.4, 0.5) is 0 Å². The number of rotatable bonds is 37. The lowest BCUT2D eigenvalue weighted by Crippen LogP contribution is -2.33. The fourth-order valence-electron chi connectivity index (χ4n) is 3.11. The number of hydrogen-bond donors (Lipinski definition) is 2. The third-order valence-electron chi connectivity index (χ3n) is 5.52. The quantitative estimate of drug-likeness (QED) is 0.0655. The summed E-state index contributed by atoms with van der Waals surface area (Å²) in [5, 5.41) is 2.38. The summed E-state index contributed by atoms with van der Waals surface area (Å²) >= 11 is 0. The molecule has 53 heavy (non-hydrogen) atoms. The Morgan fingerprint density at radius 2 is 0.849 bits per heavy atom. The number of carbonyl (C=O) groups is 3. The molecule has 16 heteroatoms. The van der Waals surface area contributed by atoms with Gasteiger partial charge in [-0.15, -0.1) is 19.3 Å². The molecule has 0 rings (SSSR count). The van der Waals surface area contributed by atoms with Gasteiger partial charge in [-0.2, -0.15) is 0 Å². The van der Waals surface area contributed by atoms with Crippen LogP contribution in [0, 0.1) is 37.0 Å². The van der Waals surface area contributed by atoms with E-state index in [1.54, 1.807) is 0 Å². The van der Waals surface area contributed by atoms with Gasteiger partial charge in [0.15, 0.2) is 0 Å². The van der Waals surface area contributed by atoms with Crippen molar-refractivity contribution in [3.8, 4) is 37.0 Å². The van der Waals surface area contributed by atoms with E-state index in [0.717, 1.165) is 0 Å². The number of ketones is 1. The van der Waals surface area contributed by atoms with Crippen molar-refractivity contribution in [2.45, 2.75) is 39.7 Å². The molecule has 306 valence electrons. The van der Waals surface area contributed by atoms with Gasteiger partial charge >= 0.3 is 0 Å². The van der Waals surface area contributed by atoms with Gasteiger partial charge in [0.05, 0.1) is 125 Å². The number of hydrogen-bond acceptors (Lipinski definition) is 14. The van der Waals surface area contributed by atoms with Crippen molar-refractivity contribution >= 4 is 17.6 Å². The van der Waals surface area contributed by atoms with Gasteiger partial charge in [-0.1, -0.05) is 31.6 Å². The Kier molecular flexibility index (Phi) is 50.0. The third-order valence-corrected chi connectivity index (χ3v) is 5.52. The van der Waals surface area contributed by atoms with Crippen molar-refractivity contribution in [1.29, 1.82) is 0 Å². The lowest BCUT2D eigenvalue weighted by atomic mass is 10.3. The molecular weight excluding hydrogens is 696 g/mol. The van der Waals surface area contributed by atoms with Crippen molar-refractivity contribution in [3.05, 3.63) is 0 Å². The Bertz CT molecular complexity index is 929. The van der Waals surface area contributed by atoms with Gasteiger partial charge in [0.1, 0.15) is 31.7 Å². The molecule has 0 aliphatic heterocycles. The minimum Gasteiger partial charge on any atom is -0.379 e. The van der Waals surface area contributed by atoms with Crippen molar-refractivity contribution in [2.75, 3.05) is 145 Å². The molecule has 0 saturated heterocycles. The maximum Gasteiger partial charge on any atom is 0.236 e. The van der Waals surface area contributed by atoms with Gasteiger partial charge in [0.25, 0.3) is 0 Å². The minimum absolute atomic E-state index is 0.118. The van der Waals surface area contributed by atoms with Crippen LogP contribution in [0.15, 0.2) is 0 Å². The van der Waals surface area contributed by atoms with Crippen LogP contribution in [-0.2, 0) is 66.5 Å². The van der Waals surface area contributed by atoms with Gasteiger partial charge in [0.2, 0.25) is 11.8 Å². The van der Waals surface area contributed by atoms with Crippen LogP contribution < -0.4 is 11.1 Å². The van der Waals surface area contributed by atoms with Crippen LogP contribution in [-0.4, -0.2) is 169 Å². The average molecular weight is 761 g/mol. The number of terminal acetylenes is 3. The van der Waals surface area contributed by atoms with E-state index in [2.05, 4.69) is 23.1 Å². The van der Waals surface area contributed by atoms with Crippen molar-refractivity contribution in [1.82, 2.24) is 5.32 Å². The monoisotopic (exact) mass is 760 g/mol. The predicted molar refractivity (Wildman–Crippen MR) is 198 cm³/mol. The number of primary amides is 1. The molecule has 0 aromatic rings. The highest BCUT2D eigenvalue weighted by atomic mass is 16.6. The highest BCUT2D eigenvalue weighted by Gasteiger charge is 2.08. The molecule has 3 N–H and O–H groups in total. The van der Waals surface area contributed by atoms with E-state index in [1.165, 1.54) is 6.92 Å². The minimum atomic E-state index is -0.584. The molecule has 0 bridgehead atoms. The molecule has 0 radical (unpaired) electrons. The van der Waals surface area contributed by atoms with Crippen LogP contribution >= 0.6 is 0 Å². The van der Waals surface area contributed by atoms with Crippen molar-refractivity contribution < 1.29 is 66.5 Å². The molecule has 2 amide bonds. The fraction of sp³-hybridized carbons (Fsp3) is 0.757. The lowest BCUT2D eigenvalue weighted by Gasteiger charge is -2.15. The SMILES string of the molecule is C#CCOCC(COCC#C)OCC#C.CC.CC(=O)CCOCCOCCOCCOCCOCCOCCOCCOCCC(=O)NCC(N)=O. The van der Waals surface area contributed by atoms with Crippen LogP contribution in [0.5, 0.6) is 0 Å². The number of nitrogens with two attached hydrogens (primary N) is 1. The number of amides is 2. The standard InChI is InChI=1S/C23H44N2O11.C12H14O3.C2H6/c1-21(26)2-4-29-6-8-31-10-12-33-14-16-35-18-19-36-17-15-34-13-11-32-9-7-30-5-3-23(28)25-20-22(24)27;1-4-7-13-10-12(15-9-6-3)11-14-8-5-2;1-2/h2-20H2,1H3,(H2,24,27)(H,25,28);1-3,12H,7-11H2;1-2H3. The smallest absolute Gasteiger partial charge is 0.236 e. The summed E-state index contributed by atoms with van der Waals surface area (Å²) in [4.78, 5) is 32.6. The largest absolute Gasteiger partial charge is 0.379 e. The van der Waals surface area contributed by atoms with E-state index in [4.69, 9.17) is 77.1 Å². The zero-order chi connectivity index (χ0) is 39.9. The second kappa shape index (κ2) is 48.9. The summed E-state index contributed by atoms with van der Waals surface area (Å²) in [6, 6.07) is 0. The second-order valence-electron chi connectivity index (χ2n) is 9.92. The summed E-state index contributed by atoms with van der Waals surface area (Å²) in [5.74, 6) is 6.32. The first-order chi connectivity index (χ1) is 25.9. The molecule has 0 fully saturated rings. The maximum atomic E-state index is 11.3. The Labute approximate surface area is 317 Å². The lowest BCUT2D eigenvalue weighted by molar-refractivity contribution is -0.125. The molecule has 0 spiro atoms. The Balaban J connectivity index is -0.00000122. The van der Waals surface area contributed by atoms with E-state index < -0.39 is 5.91 Å². The molecule has 16 nitrogen and oxygen atoms in total. The third kappa shape index (κ3) is 53.3. The van der Waals surface area contributed by atoms with E-state index in [-0.39, 0.29) is 57.2 Å². The highest BCUT2D eigenvalue weighted by Crippen LogP contribution is 1.95. The molecule has 0 unspecified atom stereocenters. The predicted octanol–water partition coefficient (Wildman–Crippen LogP) is 0.421. The van der Waals surface area contributed by atoms with E-state index in [9.17, 15) is 14.4 Å². The second-order valence-corrected chi connectivity index (χ2v) is 9.92. The summed E-state index contributed by atoms with van der Waals surface area (Å²) in [6.45, 7) is 13.9. The number of Topliss-reactive ketones (excluding diaryl/α,β-unsaturated/α-hetero) is 1. The molecule has 0 aromatic carbocycles. The Morgan fingerprint density at radius 3 is 1.15 bits per heavy atom. The van der Waals surface area contributed by atoms with E-state index in [0.29, 0.717) is 119 Å².